The Morgan fingerprint density at radius 2 is 2.06 bits per heavy atom. The second-order valence-electron chi connectivity index (χ2n) is 9.24. The first kappa shape index (κ1) is 22.2. The van der Waals surface area contributed by atoms with E-state index in [1.165, 1.54) is 5.56 Å². The van der Waals surface area contributed by atoms with Gasteiger partial charge in [0.2, 0.25) is 5.91 Å². The van der Waals surface area contributed by atoms with Crippen LogP contribution in [0.2, 0.25) is 0 Å². The van der Waals surface area contributed by atoms with Crippen LogP contribution in [-0.4, -0.2) is 39.6 Å². The Morgan fingerprint density at radius 3 is 2.78 bits per heavy atom. The lowest BCUT2D eigenvalue weighted by Gasteiger charge is -2.37. The molecule has 1 fully saturated rings. The minimum Gasteiger partial charge on any atom is -0.361 e. The highest BCUT2D eigenvalue weighted by atomic mass is 16.5. The SMILES string of the molecule is Cc1ccc(-c2cc(C[C@@]3(C(=O)NCC(C)C)CCCN3Cc3cccnc3)on2)cc1. The highest BCUT2D eigenvalue weighted by molar-refractivity contribution is 5.87. The fourth-order valence-electron chi connectivity index (χ4n) is 4.42. The first-order chi connectivity index (χ1) is 15.5. The molecule has 1 atom stereocenters. The summed E-state index contributed by atoms with van der Waals surface area (Å²) in [6, 6.07) is 14.2. The minimum atomic E-state index is -0.658. The van der Waals surface area contributed by atoms with E-state index in [9.17, 15) is 4.79 Å². The molecule has 1 aliphatic heterocycles. The van der Waals surface area contributed by atoms with Crippen LogP contribution in [0.25, 0.3) is 11.3 Å². The standard InChI is InChI=1S/C26H32N4O2/c1-19(2)16-28-25(31)26(11-5-13-30(26)18-21-6-4-12-27-17-21)15-23-14-24(29-32-23)22-9-7-20(3)8-10-22/h4,6-10,12,14,17,19H,5,11,13,15-16,18H2,1-3H3,(H,28,31)/t26-/m1/s1. The number of aryl methyl sites for hydroxylation is 1. The fraction of sp³-hybridized carbons (Fsp3) is 0.423. The summed E-state index contributed by atoms with van der Waals surface area (Å²) < 4.78 is 5.74. The third-order valence-corrected chi connectivity index (χ3v) is 6.19. The number of carbonyl (C=O) groups excluding carboxylic acids is 1. The third kappa shape index (κ3) is 4.91. The molecule has 0 aliphatic carbocycles. The van der Waals surface area contributed by atoms with Crippen molar-refractivity contribution in [3.8, 4) is 11.3 Å². The van der Waals surface area contributed by atoms with Crippen molar-refractivity contribution in [2.45, 2.75) is 52.1 Å². The van der Waals surface area contributed by atoms with Crippen LogP contribution in [0, 0.1) is 12.8 Å². The zero-order chi connectivity index (χ0) is 22.6. The number of pyridine rings is 1. The average molecular weight is 433 g/mol. The van der Waals surface area contributed by atoms with Gasteiger partial charge < -0.3 is 9.84 Å². The minimum absolute atomic E-state index is 0.0703. The van der Waals surface area contributed by atoms with Gasteiger partial charge in [-0.15, -0.1) is 0 Å². The molecular formula is C26H32N4O2. The molecule has 1 amide bonds. The molecule has 0 spiro atoms. The number of likely N-dealkylation sites (tertiary alicyclic amines) is 1. The van der Waals surface area contributed by atoms with Crippen LogP contribution < -0.4 is 5.32 Å². The van der Waals surface area contributed by atoms with Crippen LogP contribution in [0.1, 0.15) is 43.6 Å². The predicted molar refractivity (Wildman–Crippen MR) is 125 cm³/mol. The molecule has 6 heteroatoms. The second-order valence-corrected chi connectivity index (χ2v) is 9.24. The number of hydrogen-bond donors (Lipinski definition) is 1. The van der Waals surface area contributed by atoms with Crippen molar-refractivity contribution < 1.29 is 9.32 Å². The van der Waals surface area contributed by atoms with Gasteiger partial charge in [0, 0.05) is 43.5 Å². The smallest absolute Gasteiger partial charge is 0.241 e. The summed E-state index contributed by atoms with van der Waals surface area (Å²) in [6.45, 7) is 8.49. The van der Waals surface area contributed by atoms with Gasteiger partial charge in [0.05, 0.1) is 0 Å². The zero-order valence-corrected chi connectivity index (χ0v) is 19.2. The summed E-state index contributed by atoms with van der Waals surface area (Å²) in [7, 11) is 0. The predicted octanol–water partition coefficient (Wildman–Crippen LogP) is 4.39. The second kappa shape index (κ2) is 9.65. The highest BCUT2D eigenvalue weighted by Crippen LogP contribution is 2.35. The van der Waals surface area contributed by atoms with E-state index in [0.717, 1.165) is 42.0 Å². The molecule has 0 bridgehead atoms. The topological polar surface area (TPSA) is 71.3 Å². The van der Waals surface area contributed by atoms with Crippen LogP contribution in [0.4, 0.5) is 0 Å². The molecule has 0 radical (unpaired) electrons. The van der Waals surface area contributed by atoms with Gasteiger partial charge >= 0.3 is 0 Å². The van der Waals surface area contributed by atoms with E-state index in [0.29, 0.717) is 25.4 Å². The Balaban J connectivity index is 1.61. The van der Waals surface area contributed by atoms with E-state index in [2.05, 4.69) is 59.3 Å². The van der Waals surface area contributed by atoms with Crippen LogP contribution in [0.5, 0.6) is 0 Å². The third-order valence-electron chi connectivity index (χ3n) is 6.19. The summed E-state index contributed by atoms with van der Waals surface area (Å²) in [5, 5.41) is 7.48. The maximum atomic E-state index is 13.6. The highest BCUT2D eigenvalue weighted by Gasteiger charge is 2.48. The first-order valence-corrected chi connectivity index (χ1v) is 11.4. The van der Waals surface area contributed by atoms with Gasteiger partial charge in [0.1, 0.15) is 17.0 Å². The number of nitrogens with zero attached hydrogens (tertiary/aromatic N) is 3. The lowest BCUT2D eigenvalue weighted by Crippen LogP contribution is -2.57. The van der Waals surface area contributed by atoms with Gasteiger partial charge in [-0.05, 0) is 43.9 Å². The van der Waals surface area contributed by atoms with Crippen LogP contribution in [0.15, 0.2) is 59.4 Å². The molecule has 1 saturated heterocycles. The number of benzene rings is 1. The van der Waals surface area contributed by atoms with Crippen LogP contribution >= 0.6 is 0 Å². The Bertz CT molecular complexity index is 1030. The Morgan fingerprint density at radius 1 is 1.25 bits per heavy atom. The van der Waals surface area contributed by atoms with Gasteiger partial charge in [-0.3, -0.25) is 14.7 Å². The number of aromatic nitrogens is 2. The monoisotopic (exact) mass is 432 g/mol. The lowest BCUT2D eigenvalue weighted by atomic mass is 9.88. The van der Waals surface area contributed by atoms with Crippen molar-refractivity contribution >= 4 is 5.91 Å². The quantitative estimate of drug-likeness (QED) is 0.571. The molecule has 2 aromatic heterocycles. The van der Waals surface area contributed by atoms with E-state index >= 15 is 0 Å². The molecule has 0 saturated carbocycles. The molecule has 168 valence electrons. The van der Waals surface area contributed by atoms with Gasteiger partial charge in [-0.25, -0.2) is 0 Å². The number of hydrogen-bond acceptors (Lipinski definition) is 5. The summed E-state index contributed by atoms with van der Waals surface area (Å²) in [5.41, 5.74) is 3.47. The van der Waals surface area contributed by atoms with Gasteiger partial charge in [-0.2, -0.15) is 0 Å². The van der Waals surface area contributed by atoms with E-state index in [1.54, 1.807) is 6.20 Å². The Kier molecular flexibility index (Phi) is 6.70. The molecule has 1 aromatic carbocycles. The zero-order valence-electron chi connectivity index (χ0n) is 19.2. The van der Waals surface area contributed by atoms with Crippen molar-refractivity contribution in [1.82, 2.24) is 20.4 Å². The largest absolute Gasteiger partial charge is 0.361 e. The molecule has 1 N–H and O–H groups in total. The molecule has 4 rings (SSSR count). The molecule has 6 nitrogen and oxygen atoms in total. The van der Waals surface area contributed by atoms with Crippen molar-refractivity contribution in [3.05, 3.63) is 71.7 Å². The van der Waals surface area contributed by atoms with Crippen molar-refractivity contribution in [1.29, 1.82) is 0 Å². The van der Waals surface area contributed by atoms with Crippen LogP contribution in [-0.2, 0) is 17.8 Å². The summed E-state index contributed by atoms with van der Waals surface area (Å²) >= 11 is 0. The normalized spacial score (nSPS) is 18.9. The maximum Gasteiger partial charge on any atom is 0.241 e. The van der Waals surface area contributed by atoms with Crippen molar-refractivity contribution in [3.63, 3.8) is 0 Å². The van der Waals surface area contributed by atoms with Gasteiger partial charge in [-0.1, -0.05) is 54.9 Å². The van der Waals surface area contributed by atoms with E-state index in [-0.39, 0.29) is 5.91 Å². The molecule has 1 aliphatic rings. The molecule has 32 heavy (non-hydrogen) atoms. The summed E-state index contributed by atoms with van der Waals surface area (Å²) in [5.74, 6) is 1.20. The molecule has 3 aromatic rings. The molecule has 3 heterocycles. The van der Waals surface area contributed by atoms with Crippen molar-refractivity contribution in [2.24, 2.45) is 5.92 Å². The fourth-order valence-corrected chi connectivity index (χ4v) is 4.42. The molecular weight excluding hydrogens is 400 g/mol. The number of amides is 1. The lowest BCUT2D eigenvalue weighted by molar-refractivity contribution is -0.132. The first-order valence-electron chi connectivity index (χ1n) is 11.4. The van der Waals surface area contributed by atoms with Gasteiger partial charge in [0.15, 0.2) is 0 Å². The van der Waals surface area contributed by atoms with E-state index in [4.69, 9.17) is 4.52 Å². The van der Waals surface area contributed by atoms with E-state index < -0.39 is 5.54 Å². The molecule has 0 unspecified atom stereocenters. The average Bonchev–Trinajstić information content (AvgIpc) is 3.41. The van der Waals surface area contributed by atoms with E-state index in [1.807, 2.05) is 30.5 Å². The number of carbonyl (C=O) groups is 1. The summed E-state index contributed by atoms with van der Waals surface area (Å²) in [6.07, 6.45) is 5.90. The van der Waals surface area contributed by atoms with Gasteiger partial charge in [0.25, 0.3) is 0 Å². The maximum absolute atomic E-state index is 13.6. The van der Waals surface area contributed by atoms with Crippen molar-refractivity contribution in [2.75, 3.05) is 13.1 Å². The number of nitrogens with one attached hydrogen (secondary N) is 1. The summed E-state index contributed by atoms with van der Waals surface area (Å²) in [4.78, 5) is 20.1. The Hall–Kier alpha value is -2.99. The Labute approximate surface area is 190 Å². The number of rotatable bonds is 8. The van der Waals surface area contributed by atoms with Crippen LogP contribution in [0.3, 0.4) is 0 Å².